The number of benzene rings is 2. The van der Waals surface area contributed by atoms with Crippen LogP contribution in [-0.2, 0) is 0 Å². The second-order valence-electron chi connectivity index (χ2n) is 5.01. The third-order valence-corrected chi connectivity index (χ3v) is 3.88. The van der Waals surface area contributed by atoms with Gasteiger partial charge < -0.3 is 5.21 Å². The third-order valence-electron chi connectivity index (χ3n) is 3.40. The molecule has 0 atom stereocenters. The van der Waals surface area contributed by atoms with E-state index >= 15 is 0 Å². The zero-order chi connectivity index (χ0) is 17.1. The molecule has 0 saturated carbocycles. The molecule has 4 rings (SSSR count). The fourth-order valence-electron chi connectivity index (χ4n) is 2.26. The molecule has 0 amide bonds. The Morgan fingerprint density at radius 2 is 1.58 bits per heavy atom. The summed E-state index contributed by atoms with van der Waals surface area (Å²) >= 11 is 11.4. The molecule has 6 heteroatoms. The van der Waals surface area contributed by atoms with Crippen LogP contribution < -0.4 is 5.56 Å². The highest BCUT2D eigenvalue weighted by molar-refractivity contribution is 6.31. The van der Waals surface area contributed by atoms with Crippen LogP contribution in [0.3, 0.4) is 0 Å². The molecule has 2 heterocycles. The monoisotopic (exact) mass is 358 g/mol. The van der Waals surface area contributed by atoms with Gasteiger partial charge in [0.2, 0.25) is 0 Å². The van der Waals surface area contributed by atoms with Crippen LogP contribution in [0.4, 0.5) is 0 Å². The maximum atomic E-state index is 11.2. The molecule has 0 aliphatic heterocycles. The Morgan fingerprint density at radius 1 is 0.917 bits per heavy atom. The topological polar surface area (TPSA) is 55.1 Å². The molecule has 2 aromatic heterocycles. The van der Waals surface area contributed by atoms with Crippen molar-refractivity contribution in [1.82, 2.24) is 9.71 Å². The molecule has 0 aliphatic rings. The van der Waals surface area contributed by atoms with Gasteiger partial charge in [-0.2, -0.15) is 0 Å². The van der Waals surface area contributed by atoms with Crippen molar-refractivity contribution in [2.75, 3.05) is 0 Å². The number of rotatable bonds is 0. The Kier molecular flexibility index (Phi) is 4.69. The lowest BCUT2D eigenvalue weighted by Crippen LogP contribution is -2.17. The number of hydrogen-bond acceptors (Lipinski definition) is 3. The van der Waals surface area contributed by atoms with Crippen molar-refractivity contribution in [3.63, 3.8) is 0 Å². The molecule has 0 fully saturated rings. The Balaban J connectivity index is 0.000000143. The van der Waals surface area contributed by atoms with E-state index in [1.807, 2.05) is 36.4 Å². The van der Waals surface area contributed by atoms with Gasteiger partial charge in [-0.05, 0) is 24.3 Å². The van der Waals surface area contributed by atoms with Gasteiger partial charge in [0.1, 0.15) is 5.02 Å². The standard InChI is InChI=1S/C9H6ClNO2.C9H6ClN/c10-7-5-6-3-1-2-4-8(6)11(13)9(7)12;10-8-5-7-3-1-2-4-9(7)11-6-8/h1-5,13H;1-6H. The molecule has 2 aromatic carbocycles. The van der Waals surface area contributed by atoms with Crippen molar-refractivity contribution in [3.8, 4) is 0 Å². The van der Waals surface area contributed by atoms with E-state index in [1.54, 1.807) is 24.4 Å². The maximum absolute atomic E-state index is 11.2. The van der Waals surface area contributed by atoms with E-state index in [2.05, 4.69) is 4.98 Å². The average Bonchev–Trinajstić information content (AvgIpc) is 2.60. The van der Waals surface area contributed by atoms with Gasteiger partial charge in [0.25, 0.3) is 0 Å². The first kappa shape index (κ1) is 16.3. The van der Waals surface area contributed by atoms with Gasteiger partial charge >= 0.3 is 5.56 Å². The second kappa shape index (κ2) is 6.91. The highest BCUT2D eigenvalue weighted by Crippen LogP contribution is 2.15. The number of hydrogen-bond donors (Lipinski definition) is 1. The van der Waals surface area contributed by atoms with Gasteiger partial charge in [-0.15, -0.1) is 4.73 Å². The molecule has 0 unspecified atom stereocenters. The van der Waals surface area contributed by atoms with E-state index in [1.165, 1.54) is 6.07 Å². The largest absolute Gasteiger partial charge is 0.425 e. The number of halogens is 2. The number of aromatic nitrogens is 2. The van der Waals surface area contributed by atoms with Gasteiger partial charge in [-0.25, -0.2) is 0 Å². The van der Waals surface area contributed by atoms with Gasteiger partial charge in [0.05, 0.1) is 16.1 Å². The Hall–Kier alpha value is -2.56. The summed E-state index contributed by atoms with van der Waals surface area (Å²) < 4.78 is 0.553. The lowest BCUT2D eigenvalue weighted by molar-refractivity contribution is 0.189. The molecular formula is C18H12Cl2N2O2. The molecule has 0 spiro atoms. The molecule has 4 aromatic rings. The average molecular weight is 359 g/mol. The Labute approximate surface area is 147 Å². The molecule has 0 aliphatic carbocycles. The SMILES string of the molecule is Clc1cnc2ccccc2c1.O=c1c(Cl)cc2ccccc2n1O. The van der Waals surface area contributed by atoms with Crippen LogP contribution in [0.1, 0.15) is 0 Å². The van der Waals surface area contributed by atoms with E-state index in [9.17, 15) is 10.0 Å². The summed E-state index contributed by atoms with van der Waals surface area (Å²) in [6, 6.07) is 18.3. The van der Waals surface area contributed by atoms with Gasteiger partial charge in [0, 0.05) is 17.0 Å². The summed E-state index contributed by atoms with van der Waals surface area (Å²) in [7, 11) is 0. The number of fused-ring (bicyclic) bond motifs is 2. The Bertz CT molecular complexity index is 1080. The lowest BCUT2D eigenvalue weighted by atomic mass is 10.2. The summed E-state index contributed by atoms with van der Waals surface area (Å²) in [5, 5.41) is 11.9. The van der Waals surface area contributed by atoms with Crippen molar-refractivity contribution < 1.29 is 5.21 Å². The molecule has 0 saturated heterocycles. The van der Waals surface area contributed by atoms with Crippen LogP contribution in [0.15, 0.2) is 71.7 Å². The van der Waals surface area contributed by atoms with Gasteiger partial charge in [-0.3, -0.25) is 9.78 Å². The van der Waals surface area contributed by atoms with Crippen molar-refractivity contribution in [2.45, 2.75) is 0 Å². The minimum atomic E-state index is -0.597. The molecule has 0 bridgehead atoms. The van der Waals surface area contributed by atoms with Gasteiger partial charge in [0.15, 0.2) is 0 Å². The van der Waals surface area contributed by atoms with E-state index in [4.69, 9.17) is 23.2 Å². The normalized spacial score (nSPS) is 10.4. The van der Waals surface area contributed by atoms with Crippen LogP contribution >= 0.6 is 23.2 Å². The first-order valence-electron chi connectivity index (χ1n) is 7.06. The molecule has 24 heavy (non-hydrogen) atoms. The smallest absolute Gasteiger partial charge is 0.302 e. The van der Waals surface area contributed by atoms with Crippen LogP contribution in [-0.4, -0.2) is 14.9 Å². The summed E-state index contributed by atoms with van der Waals surface area (Å²) in [6.07, 6.45) is 1.66. The summed E-state index contributed by atoms with van der Waals surface area (Å²) in [6.45, 7) is 0. The van der Waals surface area contributed by atoms with Crippen molar-refractivity contribution in [2.24, 2.45) is 0 Å². The van der Waals surface area contributed by atoms with Gasteiger partial charge in [-0.1, -0.05) is 59.6 Å². The first-order valence-corrected chi connectivity index (χ1v) is 7.82. The quantitative estimate of drug-likeness (QED) is 0.460. The number of pyridine rings is 2. The predicted octanol–water partition coefficient (Wildman–Crippen LogP) is 4.78. The highest BCUT2D eigenvalue weighted by atomic mass is 35.5. The fourth-order valence-corrected chi connectivity index (χ4v) is 2.62. The summed E-state index contributed by atoms with van der Waals surface area (Å²) in [4.78, 5) is 15.3. The van der Waals surface area contributed by atoms with E-state index in [0.717, 1.165) is 16.3 Å². The lowest BCUT2D eigenvalue weighted by Gasteiger charge is -2.02. The summed E-state index contributed by atoms with van der Waals surface area (Å²) in [5.74, 6) is 0. The highest BCUT2D eigenvalue weighted by Gasteiger charge is 2.04. The number of para-hydroxylation sites is 2. The second-order valence-corrected chi connectivity index (χ2v) is 5.86. The van der Waals surface area contributed by atoms with E-state index in [-0.39, 0.29) is 5.02 Å². The molecular weight excluding hydrogens is 347 g/mol. The zero-order valence-electron chi connectivity index (χ0n) is 12.4. The zero-order valence-corrected chi connectivity index (χ0v) is 13.9. The van der Waals surface area contributed by atoms with Crippen molar-refractivity contribution >= 4 is 45.0 Å². The molecule has 0 radical (unpaired) electrons. The molecule has 1 N–H and O–H groups in total. The van der Waals surface area contributed by atoms with Crippen molar-refractivity contribution in [1.29, 1.82) is 0 Å². The first-order chi connectivity index (χ1) is 11.6. The van der Waals surface area contributed by atoms with E-state index in [0.29, 0.717) is 15.3 Å². The fraction of sp³-hybridized carbons (Fsp3) is 0. The van der Waals surface area contributed by atoms with Crippen LogP contribution in [0.25, 0.3) is 21.8 Å². The van der Waals surface area contributed by atoms with Crippen LogP contribution in [0.5, 0.6) is 0 Å². The van der Waals surface area contributed by atoms with Crippen molar-refractivity contribution in [3.05, 3.63) is 87.3 Å². The minimum absolute atomic E-state index is 0.0150. The number of nitrogens with zero attached hydrogens (tertiary/aromatic N) is 2. The van der Waals surface area contributed by atoms with E-state index < -0.39 is 5.56 Å². The van der Waals surface area contributed by atoms with Crippen LogP contribution in [0, 0.1) is 0 Å². The predicted molar refractivity (Wildman–Crippen MR) is 97.2 cm³/mol. The Morgan fingerprint density at radius 3 is 2.38 bits per heavy atom. The molecule has 4 nitrogen and oxygen atoms in total. The minimum Gasteiger partial charge on any atom is -0.425 e. The maximum Gasteiger partial charge on any atom is 0.302 e. The molecule has 120 valence electrons. The summed E-state index contributed by atoms with van der Waals surface area (Å²) in [5.41, 5.74) is 0.842. The van der Waals surface area contributed by atoms with Crippen LogP contribution in [0.2, 0.25) is 10.0 Å². The third kappa shape index (κ3) is 3.35.